The van der Waals surface area contributed by atoms with Crippen LogP contribution in [0.4, 0.5) is 9.59 Å². The van der Waals surface area contributed by atoms with Crippen LogP contribution in [0, 0.1) is 5.92 Å². The second kappa shape index (κ2) is 9.96. The number of rotatable bonds is 7. The van der Waals surface area contributed by atoms with Gasteiger partial charge in [-0.05, 0) is 23.6 Å². The molecule has 0 radical (unpaired) electrons. The highest BCUT2D eigenvalue weighted by atomic mass is 16.7. The number of ether oxygens (including phenoxy) is 3. The summed E-state index contributed by atoms with van der Waals surface area (Å²) in [5, 5.41) is 11.2. The van der Waals surface area contributed by atoms with Crippen molar-refractivity contribution in [3.63, 3.8) is 0 Å². The van der Waals surface area contributed by atoms with Gasteiger partial charge in [0.1, 0.15) is 12.6 Å². The number of carbonyl (C=O) groups excluding carboxylic acids is 2. The predicted molar refractivity (Wildman–Crippen MR) is 99.1 cm³/mol. The average Bonchev–Trinajstić information content (AvgIpc) is 2.66. The Balaban J connectivity index is 2.00. The van der Waals surface area contributed by atoms with Crippen molar-refractivity contribution in [3.05, 3.63) is 60.2 Å². The van der Waals surface area contributed by atoms with E-state index in [-0.39, 0.29) is 24.0 Å². The van der Waals surface area contributed by atoms with Crippen LogP contribution in [0.5, 0.6) is 11.5 Å². The molecule has 0 fully saturated rings. The molecule has 1 atom stereocenters. The second-order valence-corrected chi connectivity index (χ2v) is 6.16. The third kappa shape index (κ3) is 6.31. The summed E-state index contributed by atoms with van der Waals surface area (Å²) >= 11 is 0. The smallest absolute Gasteiger partial charge is 0.449 e. The molecule has 0 aromatic heterocycles. The van der Waals surface area contributed by atoms with Crippen LogP contribution in [0.3, 0.4) is 0 Å². The zero-order valence-corrected chi connectivity index (χ0v) is 15.5. The molecule has 8 heteroatoms. The van der Waals surface area contributed by atoms with Crippen molar-refractivity contribution < 1.29 is 33.7 Å². The number of hydrogen-bond donors (Lipinski definition) is 2. The van der Waals surface area contributed by atoms with Crippen molar-refractivity contribution in [1.82, 2.24) is 5.32 Å². The number of alkyl carbamates (subject to hydrolysis) is 1. The minimum atomic E-state index is -1.54. The Morgan fingerprint density at radius 1 is 0.929 bits per heavy atom. The van der Waals surface area contributed by atoms with E-state index in [4.69, 9.17) is 14.6 Å². The van der Waals surface area contributed by atoms with Gasteiger partial charge in [-0.3, -0.25) is 0 Å². The molecule has 0 bridgehead atoms. The van der Waals surface area contributed by atoms with Gasteiger partial charge >= 0.3 is 18.2 Å². The molecule has 0 heterocycles. The van der Waals surface area contributed by atoms with E-state index in [0.29, 0.717) is 0 Å². The lowest BCUT2D eigenvalue weighted by Gasteiger charge is -2.21. The van der Waals surface area contributed by atoms with Gasteiger partial charge in [-0.2, -0.15) is 0 Å². The van der Waals surface area contributed by atoms with Crippen LogP contribution in [-0.4, -0.2) is 29.4 Å². The van der Waals surface area contributed by atoms with Gasteiger partial charge < -0.3 is 24.6 Å². The Morgan fingerprint density at radius 2 is 1.50 bits per heavy atom. The third-order valence-electron chi connectivity index (χ3n) is 3.66. The lowest BCUT2D eigenvalue weighted by molar-refractivity contribution is -0.137. The quantitative estimate of drug-likeness (QED) is 0.424. The van der Waals surface area contributed by atoms with Crippen molar-refractivity contribution in [3.8, 4) is 11.5 Å². The average molecular weight is 387 g/mol. The van der Waals surface area contributed by atoms with Crippen molar-refractivity contribution in [2.24, 2.45) is 5.92 Å². The maximum atomic E-state index is 12.5. The lowest BCUT2D eigenvalue weighted by Crippen LogP contribution is -2.46. The highest BCUT2D eigenvalue weighted by molar-refractivity contribution is 5.83. The first-order valence-corrected chi connectivity index (χ1v) is 8.55. The van der Waals surface area contributed by atoms with Gasteiger partial charge in [0, 0.05) is 0 Å². The largest absolute Gasteiger partial charge is 0.511 e. The number of carbonyl (C=O) groups is 3. The van der Waals surface area contributed by atoms with Gasteiger partial charge in [0.15, 0.2) is 11.5 Å². The van der Waals surface area contributed by atoms with E-state index in [2.05, 4.69) is 10.1 Å². The number of amides is 1. The van der Waals surface area contributed by atoms with Gasteiger partial charge in [-0.1, -0.05) is 56.3 Å². The molecule has 0 aliphatic heterocycles. The van der Waals surface area contributed by atoms with Crippen molar-refractivity contribution in [2.45, 2.75) is 26.5 Å². The van der Waals surface area contributed by atoms with Gasteiger partial charge in [0.05, 0.1) is 0 Å². The Labute approximate surface area is 162 Å². The van der Waals surface area contributed by atoms with Gasteiger partial charge in [0.25, 0.3) is 0 Å². The third-order valence-corrected chi connectivity index (χ3v) is 3.66. The summed E-state index contributed by atoms with van der Waals surface area (Å²) in [5.41, 5.74) is 0.807. The van der Waals surface area contributed by atoms with Gasteiger partial charge in [-0.15, -0.1) is 0 Å². The zero-order chi connectivity index (χ0) is 20.5. The fraction of sp³-hybridized carbons (Fsp3) is 0.250. The molecular weight excluding hydrogens is 366 g/mol. The number of nitrogens with one attached hydrogen (secondary N) is 1. The molecule has 0 unspecified atom stereocenters. The molecule has 0 saturated heterocycles. The molecule has 0 saturated carbocycles. The van der Waals surface area contributed by atoms with E-state index in [1.54, 1.807) is 32.0 Å². The zero-order valence-electron chi connectivity index (χ0n) is 15.5. The molecule has 2 aromatic carbocycles. The summed E-state index contributed by atoms with van der Waals surface area (Å²) in [6, 6.07) is 13.9. The number of benzene rings is 2. The Kier molecular flexibility index (Phi) is 7.38. The maximum Gasteiger partial charge on any atom is 0.511 e. The van der Waals surface area contributed by atoms with Crippen LogP contribution in [0.2, 0.25) is 0 Å². The van der Waals surface area contributed by atoms with Crippen LogP contribution < -0.4 is 14.8 Å². The minimum absolute atomic E-state index is 0.0574. The summed E-state index contributed by atoms with van der Waals surface area (Å²) < 4.78 is 14.9. The molecule has 28 heavy (non-hydrogen) atoms. The fourth-order valence-electron chi connectivity index (χ4n) is 2.27. The molecule has 0 aliphatic carbocycles. The molecule has 2 aromatic rings. The van der Waals surface area contributed by atoms with E-state index in [0.717, 1.165) is 5.56 Å². The highest BCUT2D eigenvalue weighted by Gasteiger charge is 2.28. The van der Waals surface area contributed by atoms with E-state index < -0.39 is 24.3 Å². The first-order chi connectivity index (χ1) is 13.4. The first kappa shape index (κ1) is 20.8. The van der Waals surface area contributed by atoms with E-state index in [1.807, 2.05) is 18.2 Å². The van der Waals surface area contributed by atoms with E-state index in [9.17, 15) is 14.4 Å². The number of hydrogen-bond acceptors (Lipinski definition) is 6. The molecule has 1 amide bonds. The number of carboxylic acid groups (broad SMARTS) is 1. The standard InChI is InChI=1S/C20H21NO7/c1-13(2)17(21-19(23)26-12-14-8-4-3-5-9-14)18(22)27-15-10-6-7-11-16(15)28-20(24)25/h3-11,13,17H,12H2,1-2H3,(H,21,23)(H,24,25)/t17-/m0/s1. The highest BCUT2D eigenvalue weighted by Crippen LogP contribution is 2.27. The van der Waals surface area contributed by atoms with Crippen LogP contribution in [-0.2, 0) is 16.1 Å². The van der Waals surface area contributed by atoms with Crippen LogP contribution in [0.25, 0.3) is 0 Å². The molecule has 0 spiro atoms. The molecule has 2 rings (SSSR count). The summed E-state index contributed by atoms with van der Waals surface area (Å²) in [4.78, 5) is 35.3. The van der Waals surface area contributed by atoms with E-state index >= 15 is 0 Å². The van der Waals surface area contributed by atoms with Crippen LogP contribution in [0.15, 0.2) is 54.6 Å². The first-order valence-electron chi connectivity index (χ1n) is 8.55. The molecule has 2 N–H and O–H groups in total. The summed E-state index contributed by atoms with van der Waals surface area (Å²) in [7, 11) is 0. The molecule has 8 nitrogen and oxygen atoms in total. The Bertz CT molecular complexity index is 820. The lowest BCUT2D eigenvalue weighted by atomic mass is 10.1. The topological polar surface area (TPSA) is 111 Å². The molecule has 0 aliphatic rings. The van der Waals surface area contributed by atoms with Crippen LogP contribution in [0.1, 0.15) is 19.4 Å². The summed E-state index contributed by atoms with van der Waals surface area (Å²) in [6.07, 6.45) is -2.30. The monoisotopic (exact) mass is 387 g/mol. The van der Waals surface area contributed by atoms with Crippen LogP contribution >= 0.6 is 0 Å². The maximum absolute atomic E-state index is 12.5. The Hall–Kier alpha value is -3.55. The van der Waals surface area contributed by atoms with Crippen molar-refractivity contribution in [1.29, 1.82) is 0 Å². The predicted octanol–water partition coefficient (Wildman–Crippen LogP) is 3.60. The SMILES string of the molecule is CC(C)[C@H](NC(=O)OCc1ccccc1)C(=O)Oc1ccccc1OC(=O)O. The second-order valence-electron chi connectivity index (χ2n) is 6.16. The summed E-state index contributed by atoms with van der Waals surface area (Å²) in [6.45, 7) is 3.51. The number of para-hydroxylation sites is 2. The Morgan fingerprint density at radius 3 is 2.07 bits per heavy atom. The van der Waals surface area contributed by atoms with Gasteiger partial charge in [-0.25, -0.2) is 14.4 Å². The molecular formula is C20H21NO7. The fourth-order valence-corrected chi connectivity index (χ4v) is 2.27. The summed E-state index contributed by atoms with van der Waals surface area (Å²) in [5.74, 6) is -1.27. The van der Waals surface area contributed by atoms with E-state index in [1.165, 1.54) is 18.2 Å². The van der Waals surface area contributed by atoms with Crippen molar-refractivity contribution in [2.75, 3.05) is 0 Å². The minimum Gasteiger partial charge on any atom is -0.449 e. The normalized spacial score (nSPS) is 11.4. The van der Waals surface area contributed by atoms with Gasteiger partial charge in [0.2, 0.25) is 0 Å². The number of esters is 1. The molecule has 148 valence electrons. The van der Waals surface area contributed by atoms with Crippen molar-refractivity contribution >= 4 is 18.2 Å².